The van der Waals surface area contributed by atoms with Crippen molar-refractivity contribution in [1.29, 1.82) is 0 Å². The van der Waals surface area contributed by atoms with Gasteiger partial charge in [0.05, 0.1) is 6.61 Å². The van der Waals surface area contributed by atoms with Crippen molar-refractivity contribution >= 4 is 0 Å². The van der Waals surface area contributed by atoms with Crippen molar-refractivity contribution in [2.24, 2.45) is 0 Å². The molecule has 0 aromatic carbocycles. The van der Waals surface area contributed by atoms with Crippen molar-refractivity contribution in [3.05, 3.63) is 27.7 Å². The van der Waals surface area contributed by atoms with E-state index in [4.69, 9.17) is 15.3 Å². The van der Waals surface area contributed by atoms with Crippen molar-refractivity contribution in [1.82, 2.24) is 0 Å². The van der Waals surface area contributed by atoms with Gasteiger partial charge in [0, 0.05) is 32.7 Å². The molecule has 0 unspecified atom stereocenters. The number of nitrogens with zero attached hydrogens (tertiary/aromatic N) is 2. The Morgan fingerprint density at radius 1 is 1.38 bits per heavy atom. The molecule has 13 heavy (non-hydrogen) atoms. The minimum absolute atomic E-state index is 0. The normalized spacial score (nSPS) is 5.31. The van der Waals surface area contributed by atoms with E-state index in [9.17, 15) is 10.1 Å². The molecule has 0 saturated carbocycles. The molecule has 0 fully saturated rings. The quantitative estimate of drug-likeness (QED) is 0.455. The smallest absolute Gasteiger partial charge is 0.294 e. The zero-order chi connectivity index (χ0) is 8.57. The monoisotopic (exact) mass is 274 g/mol. The molecule has 0 bridgehead atoms. The Morgan fingerprint density at radius 3 is 1.62 bits per heavy atom. The van der Waals surface area contributed by atoms with Crippen molar-refractivity contribution in [3.8, 4) is 0 Å². The van der Waals surface area contributed by atoms with Crippen LogP contribution in [0.1, 0.15) is 14.4 Å². The molecule has 8 nitrogen and oxygen atoms in total. The second-order valence-electron chi connectivity index (χ2n) is 0.879. The molecule has 0 aromatic heterocycles. The fourth-order valence-electron chi connectivity index (χ4n) is 0.105. The van der Waals surface area contributed by atoms with Gasteiger partial charge < -0.3 is 17.5 Å². The molecule has 0 aliphatic rings. The molecule has 0 amide bonds. The molecule has 0 spiro atoms. The Balaban J connectivity index is -0.0000000279. The third-order valence-corrected chi connectivity index (χ3v) is 0.235. The summed E-state index contributed by atoms with van der Waals surface area (Å²) >= 11 is 0. The maximum absolute atomic E-state index is 9.18. The Labute approximate surface area is 101 Å². The van der Waals surface area contributed by atoms with Gasteiger partial charge in [-0.15, -0.1) is 20.2 Å². The first kappa shape index (κ1) is 29.4. The van der Waals surface area contributed by atoms with Gasteiger partial charge in [0.15, 0.2) is 0 Å². The Kier molecular flexibility index (Phi) is 51.0. The van der Waals surface area contributed by atoms with E-state index in [1.54, 1.807) is 6.92 Å². The standard InChI is InChI=1S/C2H5NO3.CH4.CH3.HNO3.Y/c1-2-6-3(4)5;;;2-1(3)4;/h2H2,1H3;1H4;1H3;(H,2,3,4);/q;;-1;;. The van der Waals surface area contributed by atoms with E-state index < -0.39 is 10.2 Å². The summed E-state index contributed by atoms with van der Waals surface area (Å²) < 4.78 is 0. The van der Waals surface area contributed by atoms with Crippen LogP contribution in [0.25, 0.3) is 0 Å². The van der Waals surface area contributed by atoms with Crippen LogP contribution in [-0.4, -0.2) is 22.0 Å². The summed E-state index contributed by atoms with van der Waals surface area (Å²) in [6.07, 6.45) is 0. The number of rotatable bonds is 2. The van der Waals surface area contributed by atoms with Gasteiger partial charge in [-0.05, 0) is 6.92 Å². The Bertz CT molecular complexity index is 117. The first-order valence-electron chi connectivity index (χ1n) is 2.11. The van der Waals surface area contributed by atoms with Gasteiger partial charge in [0.25, 0.3) is 10.2 Å². The minimum atomic E-state index is -1.50. The number of hydrogen-bond acceptors (Lipinski definition) is 5. The fraction of sp³-hybridized carbons (Fsp3) is 0.750. The van der Waals surface area contributed by atoms with Crippen LogP contribution < -0.4 is 0 Å². The van der Waals surface area contributed by atoms with Gasteiger partial charge in [-0.3, -0.25) is 0 Å². The first-order valence-corrected chi connectivity index (χ1v) is 2.11. The predicted molar refractivity (Wildman–Crippen MR) is 40.5 cm³/mol. The van der Waals surface area contributed by atoms with Crippen LogP contribution in [0.3, 0.4) is 0 Å². The zero-order valence-electron chi connectivity index (χ0n) is 6.67. The Hall–Kier alpha value is -0.496. The van der Waals surface area contributed by atoms with Crippen molar-refractivity contribution in [3.63, 3.8) is 0 Å². The molecular weight excluding hydrogens is 261 g/mol. The SMILES string of the molecule is C.CCO[N+](=O)[O-].O=[N+]([O-])O.[CH3-].[Y]. The predicted octanol–water partition coefficient (Wildman–Crippen LogP) is 0.951. The summed E-state index contributed by atoms with van der Waals surface area (Å²) in [4.78, 5) is 21.3. The van der Waals surface area contributed by atoms with Crippen LogP contribution in [0.2, 0.25) is 0 Å². The van der Waals surface area contributed by atoms with Crippen LogP contribution in [0.15, 0.2) is 0 Å². The third kappa shape index (κ3) is 166. The summed E-state index contributed by atoms with van der Waals surface area (Å²) in [5.74, 6) is 0. The summed E-state index contributed by atoms with van der Waals surface area (Å²) in [6, 6.07) is 0. The van der Waals surface area contributed by atoms with Crippen molar-refractivity contribution < 1.29 is 52.9 Å². The van der Waals surface area contributed by atoms with E-state index in [-0.39, 0.29) is 54.2 Å². The van der Waals surface area contributed by atoms with Crippen LogP contribution in [0.4, 0.5) is 0 Å². The molecular formula is C4H13N2O6Y-. The van der Waals surface area contributed by atoms with E-state index >= 15 is 0 Å². The van der Waals surface area contributed by atoms with Crippen LogP contribution >= 0.6 is 0 Å². The van der Waals surface area contributed by atoms with E-state index in [1.807, 2.05) is 0 Å². The molecule has 79 valence electrons. The second kappa shape index (κ2) is 22.5. The molecule has 1 N–H and O–H groups in total. The van der Waals surface area contributed by atoms with Crippen LogP contribution in [0.5, 0.6) is 0 Å². The van der Waals surface area contributed by atoms with Gasteiger partial charge in [0.2, 0.25) is 0 Å². The minimum Gasteiger partial charge on any atom is -0.358 e. The summed E-state index contributed by atoms with van der Waals surface area (Å²) in [7, 11) is 0. The molecule has 0 aliphatic carbocycles. The maximum atomic E-state index is 9.18. The van der Waals surface area contributed by atoms with Gasteiger partial charge in [0.1, 0.15) is 0 Å². The molecule has 0 aliphatic heterocycles. The second-order valence-corrected chi connectivity index (χ2v) is 0.879. The van der Waals surface area contributed by atoms with Gasteiger partial charge in [-0.25, -0.2) is 0 Å². The molecule has 0 saturated heterocycles. The first-order chi connectivity index (χ1) is 4.50. The fourth-order valence-corrected chi connectivity index (χ4v) is 0.105. The van der Waals surface area contributed by atoms with Gasteiger partial charge in [-0.2, -0.15) is 0 Å². The van der Waals surface area contributed by atoms with E-state index in [0.717, 1.165) is 0 Å². The van der Waals surface area contributed by atoms with Crippen LogP contribution in [0, 0.1) is 27.7 Å². The molecule has 1 radical (unpaired) electrons. The summed E-state index contributed by atoms with van der Waals surface area (Å²) in [5, 5.41) is 22.0. The number of hydrogen-bond donors (Lipinski definition) is 1. The van der Waals surface area contributed by atoms with E-state index in [1.165, 1.54) is 0 Å². The molecule has 0 heterocycles. The van der Waals surface area contributed by atoms with Crippen LogP contribution in [-0.2, 0) is 37.5 Å². The maximum Gasteiger partial charge on any atom is 0.294 e. The van der Waals surface area contributed by atoms with Gasteiger partial charge >= 0.3 is 0 Å². The third-order valence-electron chi connectivity index (χ3n) is 0.235. The van der Waals surface area contributed by atoms with Crippen molar-refractivity contribution in [2.45, 2.75) is 14.4 Å². The zero-order valence-corrected chi connectivity index (χ0v) is 9.51. The summed E-state index contributed by atoms with van der Waals surface area (Å²) in [6.45, 7) is 1.69. The molecule has 0 aromatic rings. The largest absolute Gasteiger partial charge is 0.358 e. The van der Waals surface area contributed by atoms with Gasteiger partial charge in [-0.1, -0.05) is 7.43 Å². The Morgan fingerprint density at radius 2 is 1.62 bits per heavy atom. The molecule has 9 heteroatoms. The summed E-state index contributed by atoms with van der Waals surface area (Å²) in [5.41, 5.74) is 0. The topological polar surface area (TPSA) is 116 Å². The van der Waals surface area contributed by atoms with Crippen molar-refractivity contribution in [2.75, 3.05) is 6.61 Å². The average Bonchev–Trinajstić information content (AvgIpc) is 1.62. The molecule has 0 rings (SSSR count). The van der Waals surface area contributed by atoms with E-state index in [2.05, 4.69) is 4.84 Å². The molecule has 0 atom stereocenters. The van der Waals surface area contributed by atoms with E-state index in [0.29, 0.717) is 0 Å². The average molecular weight is 274 g/mol.